The van der Waals surface area contributed by atoms with Crippen LogP contribution in [-0.4, -0.2) is 22.8 Å². The molecular formula is C28H20F5O2P. The van der Waals surface area contributed by atoms with Crippen LogP contribution in [0.3, 0.4) is 0 Å². The van der Waals surface area contributed by atoms with E-state index in [2.05, 4.69) is 0 Å². The first kappa shape index (κ1) is 25.5. The van der Waals surface area contributed by atoms with Crippen molar-refractivity contribution in [2.75, 3.05) is 0 Å². The van der Waals surface area contributed by atoms with Gasteiger partial charge in [0, 0.05) is 5.29 Å². The van der Waals surface area contributed by atoms with Crippen molar-refractivity contribution in [3.63, 3.8) is 0 Å². The maximum Gasteiger partial charge on any atom is 0.305 e. The molecule has 0 radical (unpaired) electrons. The predicted molar refractivity (Wildman–Crippen MR) is 132 cm³/mol. The molecule has 2 nitrogen and oxygen atoms in total. The summed E-state index contributed by atoms with van der Waals surface area (Å²) >= 11 is 0. The third-order valence-electron chi connectivity index (χ3n) is 5.96. The zero-order chi connectivity index (χ0) is 25.9. The van der Waals surface area contributed by atoms with Crippen molar-refractivity contribution in [3.05, 3.63) is 126 Å². The van der Waals surface area contributed by atoms with Crippen LogP contribution in [0, 0.1) is 17.5 Å². The number of carbonyl (C=O) groups is 1. The quantitative estimate of drug-likeness (QED) is 0.165. The van der Waals surface area contributed by atoms with Crippen LogP contribution in [0.1, 0.15) is 5.56 Å². The van der Waals surface area contributed by atoms with Gasteiger partial charge in [0.05, 0.1) is 5.56 Å². The molecule has 1 atom stereocenters. The SMILES string of the molecule is O=CC(C(O)C(F)(F)c1ccc(F)c(F)c1F)=P(c1ccccc1)(c1ccccc1)c1ccccc1. The van der Waals surface area contributed by atoms with E-state index in [0.29, 0.717) is 28.0 Å². The Morgan fingerprint density at radius 1 is 0.694 bits per heavy atom. The van der Waals surface area contributed by atoms with Crippen molar-refractivity contribution >= 4 is 34.4 Å². The zero-order valence-corrected chi connectivity index (χ0v) is 19.6. The fourth-order valence-corrected chi connectivity index (χ4v) is 8.63. The van der Waals surface area contributed by atoms with Gasteiger partial charge in [0.2, 0.25) is 0 Å². The van der Waals surface area contributed by atoms with E-state index in [4.69, 9.17) is 0 Å². The average molecular weight is 514 g/mol. The largest absolute Gasteiger partial charge is 0.381 e. The summed E-state index contributed by atoms with van der Waals surface area (Å²) in [6.07, 6.45) is -2.69. The normalized spacial score (nSPS) is 12.7. The van der Waals surface area contributed by atoms with E-state index >= 15 is 8.78 Å². The van der Waals surface area contributed by atoms with Crippen LogP contribution >= 0.6 is 6.89 Å². The standard InChI is InChI=1S/C28H20F5O2P/c29-23-17-16-22(25(30)26(23)31)28(32,33)27(35)24(18-34)36(19-10-4-1-5-11-19,20-12-6-2-7-13-20)21-14-8-3-9-15-21/h1-18,27,35H. The fourth-order valence-electron chi connectivity index (χ4n) is 4.29. The molecule has 0 saturated carbocycles. The molecule has 0 saturated heterocycles. The third-order valence-corrected chi connectivity index (χ3v) is 10.3. The van der Waals surface area contributed by atoms with E-state index in [1.54, 1.807) is 91.0 Å². The summed E-state index contributed by atoms with van der Waals surface area (Å²) in [7, 11) is 0. The van der Waals surface area contributed by atoms with Crippen LogP contribution < -0.4 is 15.9 Å². The van der Waals surface area contributed by atoms with Crippen LogP contribution in [0.15, 0.2) is 103 Å². The monoisotopic (exact) mass is 514 g/mol. The zero-order valence-electron chi connectivity index (χ0n) is 18.7. The van der Waals surface area contributed by atoms with Crippen molar-refractivity contribution in [2.24, 2.45) is 0 Å². The minimum absolute atomic E-state index is 0.164. The van der Waals surface area contributed by atoms with Gasteiger partial charge >= 0.3 is 5.92 Å². The van der Waals surface area contributed by atoms with E-state index in [9.17, 15) is 23.1 Å². The van der Waals surface area contributed by atoms with E-state index < -0.39 is 47.2 Å². The summed E-state index contributed by atoms with van der Waals surface area (Å²) < 4.78 is 73.2. The Bertz CT molecular complexity index is 1320. The highest BCUT2D eigenvalue weighted by molar-refractivity contribution is 7.96. The van der Waals surface area contributed by atoms with Gasteiger partial charge in [-0.05, 0) is 34.9 Å². The maximum atomic E-state index is 15.7. The molecule has 8 heteroatoms. The minimum atomic E-state index is -4.47. The molecule has 36 heavy (non-hydrogen) atoms. The van der Waals surface area contributed by atoms with Gasteiger partial charge in [0.25, 0.3) is 0 Å². The molecule has 0 fully saturated rings. The molecule has 0 spiro atoms. The van der Waals surface area contributed by atoms with E-state index in [0.717, 1.165) is 0 Å². The number of aldehydes is 1. The highest BCUT2D eigenvalue weighted by Crippen LogP contribution is 2.49. The number of hydrogen-bond acceptors (Lipinski definition) is 2. The Morgan fingerprint density at radius 3 is 1.50 bits per heavy atom. The van der Waals surface area contributed by atoms with Crippen molar-refractivity contribution < 1.29 is 31.9 Å². The number of hydrogen-bond donors (Lipinski definition) is 1. The topological polar surface area (TPSA) is 37.3 Å². The van der Waals surface area contributed by atoms with Crippen LogP contribution in [0.4, 0.5) is 22.0 Å². The second-order valence-electron chi connectivity index (χ2n) is 7.97. The van der Waals surface area contributed by atoms with Gasteiger partial charge in [-0.15, -0.1) is 0 Å². The Morgan fingerprint density at radius 2 is 1.11 bits per heavy atom. The molecule has 1 unspecified atom stereocenters. The number of benzene rings is 4. The Kier molecular flexibility index (Phi) is 7.25. The Hall–Kier alpha value is -3.54. The molecule has 4 aromatic rings. The molecule has 4 rings (SSSR count). The van der Waals surface area contributed by atoms with Crippen molar-refractivity contribution in [3.8, 4) is 0 Å². The first-order valence-electron chi connectivity index (χ1n) is 10.8. The maximum absolute atomic E-state index is 15.7. The Labute approximate surface area is 204 Å². The summed E-state index contributed by atoms with van der Waals surface area (Å²) in [6, 6.07) is 25.9. The highest BCUT2D eigenvalue weighted by Gasteiger charge is 2.48. The van der Waals surface area contributed by atoms with Gasteiger partial charge in [-0.2, -0.15) is 8.78 Å². The van der Waals surface area contributed by atoms with Crippen molar-refractivity contribution in [1.82, 2.24) is 0 Å². The molecule has 184 valence electrons. The van der Waals surface area contributed by atoms with Gasteiger partial charge in [-0.1, -0.05) is 91.0 Å². The van der Waals surface area contributed by atoms with Gasteiger partial charge in [-0.3, -0.25) is 4.79 Å². The van der Waals surface area contributed by atoms with Crippen molar-refractivity contribution in [2.45, 2.75) is 12.0 Å². The molecule has 0 aliphatic carbocycles. The van der Waals surface area contributed by atoms with Gasteiger partial charge in [0.15, 0.2) is 23.6 Å². The lowest BCUT2D eigenvalue weighted by Crippen LogP contribution is -2.44. The first-order valence-corrected chi connectivity index (χ1v) is 12.6. The summed E-state index contributed by atoms with van der Waals surface area (Å²) in [5, 5.41) is 12.0. The molecule has 0 aliphatic rings. The summed E-state index contributed by atoms with van der Waals surface area (Å²) in [4.78, 5) is 12.7. The van der Waals surface area contributed by atoms with Gasteiger partial charge < -0.3 is 5.11 Å². The molecule has 4 aromatic carbocycles. The smallest absolute Gasteiger partial charge is 0.305 e. The fraction of sp³-hybridized carbons (Fsp3) is 0.0714. The Balaban J connectivity index is 2.16. The molecule has 0 aromatic heterocycles. The number of aliphatic hydroxyl groups excluding tert-OH is 1. The second kappa shape index (κ2) is 10.2. The second-order valence-corrected chi connectivity index (χ2v) is 11.4. The number of rotatable bonds is 7. The lowest BCUT2D eigenvalue weighted by atomic mass is 10.0. The van der Waals surface area contributed by atoms with Crippen molar-refractivity contribution in [1.29, 1.82) is 0 Å². The van der Waals surface area contributed by atoms with Crippen LogP contribution in [0.5, 0.6) is 0 Å². The highest BCUT2D eigenvalue weighted by atomic mass is 31.2. The molecule has 0 amide bonds. The van der Waals surface area contributed by atoms with Crippen LogP contribution in [0.2, 0.25) is 0 Å². The third kappa shape index (κ3) is 4.19. The molecular weight excluding hydrogens is 494 g/mol. The van der Waals surface area contributed by atoms with Gasteiger partial charge in [-0.25, -0.2) is 13.2 Å². The summed E-state index contributed by atoms with van der Waals surface area (Å²) in [6.45, 7) is -3.44. The lowest BCUT2D eigenvalue weighted by molar-refractivity contribution is -0.107. The number of carbonyl (C=O) groups excluding carboxylic acids is 1. The minimum Gasteiger partial charge on any atom is -0.381 e. The van der Waals surface area contributed by atoms with E-state index in [1.165, 1.54) is 0 Å². The van der Waals surface area contributed by atoms with Gasteiger partial charge in [0.1, 0.15) is 6.29 Å². The number of alkyl halides is 2. The first-order chi connectivity index (χ1) is 17.3. The van der Waals surface area contributed by atoms with Crippen LogP contribution in [-0.2, 0) is 10.7 Å². The lowest BCUT2D eigenvalue weighted by Gasteiger charge is -2.34. The molecule has 0 bridgehead atoms. The molecule has 0 heterocycles. The summed E-state index contributed by atoms with van der Waals surface area (Å²) in [5.74, 6) is -10.4. The van der Waals surface area contributed by atoms with Crippen LogP contribution in [0.25, 0.3) is 0 Å². The van der Waals surface area contributed by atoms with E-state index in [-0.39, 0.29) is 6.29 Å². The number of aliphatic hydroxyl groups is 1. The molecule has 0 aliphatic heterocycles. The van der Waals surface area contributed by atoms with E-state index in [1.807, 2.05) is 0 Å². The average Bonchev–Trinajstić information content (AvgIpc) is 2.91. The summed E-state index contributed by atoms with van der Waals surface area (Å²) in [5.41, 5.74) is -1.56. The predicted octanol–water partition coefficient (Wildman–Crippen LogP) is 4.92. The number of halogens is 5. The molecule has 1 N–H and O–H groups in total.